The van der Waals surface area contributed by atoms with Crippen LogP contribution in [0.4, 0.5) is 4.39 Å². The molecule has 1 heterocycles. The minimum absolute atomic E-state index is 0.0778. The molecule has 21 heavy (non-hydrogen) atoms. The minimum atomic E-state index is -0.808. The number of carbonyl (C=O) groups excluding carboxylic acids is 1. The molecule has 1 aliphatic heterocycles. The number of amides is 1. The first kappa shape index (κ1) is 15.3. The molecule has 0 spiro atoms. The first-order valence-electron chi connectivity index (χ1n) is 6.86. The largest absolute Gasteiger partial charge is 0.484 e. The lowest BCUT2D eigenvalue weighted by atomic mass is 9.87. The van der Waals surface area contributed by atoms with Crippen molar-refractivity contribution >= 4 is 11.9 Å². The number of aliphatic carboxylic acids is 1. The average molecular weight is 295 g/mol. The Labute approximate surface area is 122 Å². The third-order valence-corrected chi connectivity index (χ3v) is 3.75. The van der Waals surface area contributed by atoms with E-state index >= 15 is 0 Å². The highest BCUT2D eigenvalue weighted by Crippen LogP contribution is 2.23. The Morgan fingerprint density at radius 1 is 1.38 bits per heavy atom. The maximum Gasteiger partial charge on any atom is 0.306 e. The Bertz CT molecular complexity index is 517. The summed E-state index contributed by atoms with van der Waals surface area (Å²) in [6.07, 6.45) is 0.457. The van der Waals surface area contributed by atoms with Crippen molar-refractivity contribution in [3.05, 3.63) is 30.1 Å². The highest BCUT2D eigenvalue weighted by molar-refractivity contribution is 5.78. The van der Waals surface area contributed by atoms with Crippen LogP contribution >= 0.6 is 0 Å². The smallest absolute Gasteiger partial charge is 0.306 e. The zero-order valence-electron chi connectivity index (χ0n) is 11.8. The number of piperidine rings is 1. The lowest BCUT2D eigenvalue weighted by Gasteiger charge is -2.34. The summed E-state index contributed by atoms with van der Waals surface area (Å²) in [5.41, 5.74) is 0. The number of likely N-dealkylation sites (tertiary alicyclic amines) is 1. The molecule has 0 aliphatic carbocycles. The average Bonchev–Trinajstić information content (AvgIpc) is 2.45. The Kier molecular flexibility index (Phi) is 4.77. The molecule has 1 saturated heterocycles. The first-order valence-corrected chi connectivity index (χ1v) is 6.86. The molecule has 1 aliphatic rings. The van der Waals surface area contributed by atoms with Gasteiger partial charge in [-0.3, -0.25) is 9.59 Å². The summed E-state index contributed by atoms with van der Waals surface area (Å²) < 4.78 is 18.1. The summed E-state index contributed by atoms with van der Waals surface area (Å²) >= 11 is 0. The van der Waals surface area contributed by atoms with Gasteiger partial charge in [0, 0.05) is 13.1 Å². The van der Waals surface area contributed by atoms with Crippen LogP contribution in [0.1, 0.15) is 13.3 Å². The number of hydrogen-bond donors (Lipinski definition) is 1. The molecule has 114 valence electrons. The van der Waals surface area contributed by atoms with Crippen LogP contribution in [0.5, 0.6) is 5.75 Å². The summed E-state index contributed by atoms with van der Waals surface area (Å²) in [6, 6.07) is 5.45. The molecule has 5 nitrogen and oxygen atoms in total. The fraction of sp³-hybridized carbons (Fsp3) is 0.467. The fourth-order valence-corrected chi connectivity index (χ4v) is 2.51. The van der Waals surface area contributed by atoms with Crippen molar-refractivity contribution in [3.8, 4) is 5.75 Å². The number of carbonyl (C=O) groups is 2. The number of hydrogen-bond acceptors (Lipinski definition) is 3. The SMILES string of the molecule is CC1CN(C(=O)COc2ccc(F)cc2)CCC1C(=O)O. The van der Waals surface area contributed by atoms with E-state index in [-0.39, 0.29) is 24.2 Å². The quantitative estimate of drug-likeness (QED) is 0.919. The summed E-state index contributed by atoms with van der Waals surface area (Å²) in [5.74, 6) is -1.40. The lowest BCUT2D eigenvalue weighted by Crippen LogP contribution is -2.46. The Morgan fingerprint density at radius 2 is 2.05 bits per heavy atom. The molecule has 2 atom stereocenters. The third kappa shape index (κ3) is 3.93. The molecule has 1 aromatic rings. The number of ether oxygens (including phenoxy) is 1. The second kappa shape index (κ2) is 6.56. The Morgan fingerprint density at radius 3 is 2.62 bits per heavy atom. The standard InChI is InChI=1S/C15H18FNO4/c1-10-8-17(7-6-13(10)15(19)20)14(18)9-21-12-4-2-11(16)3-5-12/h2-5,10,13H,6-9H2,1H3,(H,19,20). The number of benzene rings is 1. The molecule has 6 heteroatoms. The van der Waals surface area contributed by atoms with Gasteiger partial charge >= 0.3 is 5.97 Å². The van der Waals surface area contributed by atoms with Gasteiger partial charge in [-0.25, -0.2) is 4.39 Å². The van der Waals surface area contributed by atoms with E-state index in [0.29, 0.717) is 25.3 Å². The van der Waals surface area contributed by atoms with Crippen LogP contribution in [0.25, 0.3) is 0 Å². The van der Waals surface area contributed by atoms with Crippen LogP contribution < -0.4 is 4.74 Å². The van der Waals surface area contributed by atoms with Crippen molar-refractivity contribution in [2.24, 2.45) is 11.8 Å². The number of nitrogens with zero attached hydrogens (tertiary/aromatic N) is 1. The zero-order chi connectivity index (χ0) is 15.4. The number of rotatable bonds is 4. The van der Waals surface area contributed by atoms with Crippen LogP contribution in [-0.2, 0) is 9.59 Å². The highest BCUT2D eigenvalue weighted by atomic mass is 19.1. The van der Waals surface area contributed by atoms with Gasteiger partial charge in [-0.05, 0) is 36.6 Å². The molecular formula is C15H18FNO4. The second-order valence-corrected chi connectivity index (χ2v) is 5.29. The van der Waals surface area contributed by atoms with Gasteiger partial charge in [0.15, 0.2) is 6.61 Å². The number of carboxylic acid groups (broad SMARTS) is 1. The minimum Gasteiger partial charge on any atom is -0.484 e. The van der Waals surface area contributed by atoms with Gasteiger partial charge in [0.2, 0.25) is 0 Å². The van der Waals surface area contributed by atoms with Crippen molar-refractivity contribution in [1.82, 2.24) is 4.90 Å². The van der Waals surface area contributed by atoms with E-state index < -0.39 is 11.9 Å². The van der Waals surface area contributed by atoms with Crippen LogP contribution in [0, 0.1) is 17.7 Å². The van der Waals surface area contributed by atoms with Gasteiger partial charge in [-0.2, -0.15) is 0 Å². The molecule has 1 aromatic carbocycles. The van der Waals surface area contributed by atoms with Crippen LogP contribution in [0.3, 0.4) is 0 Å². The molecule has 1 N–H and O–H groups in total. The van der Waals surface area contributed by atoms with E-state index in [1.807, 2.05) is 6.92 Å². The molecule has 0 aromatic heterocycles. The van der Waals surface area contributed by atoms with E-state index in [0.717, 1.165) is 0 Å². The van der Waals surface area contributed by atoms with Gasteiger partial charge < -0.3 is 14.7 Å². The summed E-state index contributed by atoms with van der Waals surface area (Å²) in [4.78, 5) is 24.7. The second-order valence-electron chi connectivity index (χ2n) is 5.29. The lowest BCUT2D eigenvalue weighted by molar-refractivity contribution is -0.148. The van der Waals surface area contributed by atoms with Crippen molar-refractivity contribution in [1.29, 1.82) is 0 Å². The van der Waals surface area contributed by atoms with Gasteiger partial charge in [0.05, 0.1) is 5.92 Å². The third-order valence-electron chi connectivity index (χ3n) is 3.75. The van der Waals surface area contributed by atoms with E-state index in [1.54, 1.807) is 4.90 Å². The van der Waals surface area contributed by atoms with Gasteiger partial charge in [-0.15, -0.1) is 0 Å². The van der Waals surface area contributed by atoms with Gasteiger partial charge in [0.25, 0.3) is 5.91 Å². The fourth-order valence-electron chi connectivity index (χ4n) is 2.51. The maximum atomic E-state index is 12.7. The topological polar surface area (TPSA) is 66.8 Å². The van der Waals surface area contributed by atoms with Crippen LogP contribution in [0.2, 0.25) is 0 Å². The molecule has 1 amide bonds. The van der Waals surface area contributed by atoms with E-state index in [4.69, 9.17) is 9.84 Å². The summed E-state index contributed by atoms with van der Waals surface area (Å²) in [5, 5.41) is 9.05. The van der Waals surface area contributed by atoms with Gasteiger partial charge in [-0.1, -0.05) is 6.92 Å². The van der Waals surface area contributed by atoms with Crippen molar-refractivity contribution in [3.63, 3.8) is 0 Å². The van der Waals surface area contributed by atoms with Crippen LogP contribution in [-0.4, -0.2) is 41.6 Å². The van der Waals surface area contributed by atoms with Crippen molar-refractivity contribution < 1.29 is 23.8 Å². The normalized spacial score (nSPS) is 21.9. The molecule has 2 unspecified atom stereocenters. The summed E-state index contributed by atoms with van der Waals surface area (Å²) in [7, 11) is 0. The monoisotopic (exact) mass is 295 g/mol. The number of carboxylic acids is 1. The van der Waals surface area contributed by atoms with E-state index in [1.165, 1.54) is 24.3 Å². The maximum absolute atomic E-state index is 12.7. The Hall–Kier alpha value is -2.11. The predicted octanol–water partition coefficient (Wildman–Crippen LogP) is 1.77. The molecule has 2 rings (SSSR count). The predicted molar refractivity (Wildman–Crippen MR) is 73.4 cm³/mol. The molecule has 0 bridgehead atoms. The molecule has 0 saturated carbocycles. The highest BCUT2D eigenvalue weighted by Gasteiger charge is 2.32. The van der Waals surface area contributed by atoms with Crippen molar-refractivity contribution in [2.45, 2.75) is 13.3 Å². The van der Waals surface area contributed by atoms with Crippen LogP contribution in [0.15, 0.2) is 24.3 Å². The first-order chi connectivity index (χ1) is 9.97. The van der Waals surface area contributed by atoms with E-state index in [9.17, 15) is 14.0 Å². The van der Waals surface area contributed by atoms with Gasteiger partial charge in [0.1, 0.15) is 11.6 Å². The zero-order valence-corrected chi connectivity index (χ0v) is 11.8. The number of halogens is 1. The molecular weight excluding hydrogens is 277 g/mol. The Balaban J connectivity index is 1.84. The molecule has 1 fully saturated rings. The van der Waals surface area contributed by atoms with Crippen molar-refractivity contribution in [2.75, 3.05) is 19.7 Å². The van der Waals surface area contributed by atoms with E-state index in [2.05, 4.69) is 0 Å². The summed E-state index contributed by atoms with van der Waals surface area (Å²) in [6.45, 7) is 2.55. The molecule has 0 radical (unpaired) electrons.